The molecule has 2 aromatic rings. The van der Waals surface area contributed by atoms with Crippen LogP contribution >= 0.6 is 0 Å². The summed E-state index contributed by atoms with van der Waals surface area (Å²) in [4.78, 5) is 27.3. The zero-order chi connectivity index (χ0) is 26.0. The smallest absolute Gasteiger partial charge is 0.242 e. The fraction of sp³-hybridized carbons (Fsp3) is 0.440. The molecule has 0 aliphatic carbocycles. The Morgan fingerprint density at radius 2 is 1.69 bits per heavy atom. The molecule has 1 atom stereocenters. The maximum Gasteiger partial charge on any atom is 0.242 e. The third kappa shape index (κ3) is 7.88. The maximum atomic E-state index is 13.2. The van der Waals surface area contributed by atoms with E-state index in [2.05, 4.69) is 5.32 Å². The number of para-hydroxylation sites is 2. The molecule has 0 aliphatic heterocycles. The molecular formula is C25H35N3O6S. The van der Waals surface area contributed by atoms with E-state index in [1.54, 1.807) is 50.4 Å². The third-order valence-corrected chi connectivity index (χ3v) is 6.72. The molecule has 0 heterocycles. The van der Waals surface area contributed by atoms with Crippen LogP contribution in [0, 0.1) is 0 Å². The first kappa shape index (κ1) is 28.0. The number of nitrogens with one attached hydrogen (secondary N) is 1. The monoisotopic (exact) mass is 505 g/mol. The Balaban J connectivity index is 2.18. The largest absolute Gasteiger partial charge is 0.497 e. The van der Waals surface area contributed by atoms with E-state index in [1.165, 1.54) is 16.3 Å². The van der Waals surface area contributed by atoms with Crippen molar-refractivity contribution in [3.63, 3.8) is 0 Å². The number of hydrogen-bond donors (Lipinski definition) is 1. The van der Waals surface area contributed by atoms with Crippen LogP contribution in [0.5, 0.6) is 11.5 Å². The molecule has 10 heteroatoms. The van der Waals surface area contributed by atoms with Gasteiger partial charge in [-0.1, -0.05) is 24.3 Å². The minimum absolute atomic E-state index is 0.0705. The summed E-state index contributed by atoms with van der Waals surface area (Å²) in [5, 5.41) is 2.76. The molecule has 0 spiro atoms. The van der Waals surface area contributed by atoms with Gasteiger partial charge in [0.05, 0.1) is 26.2 Å². The zero-order valence-corrected chi connectivity index (χ0v) is 21.8. The van der Waals surface area contributed by atoms with Gasteiger partial charge in [0.15, 0.2) is 0 Å². The number of amides is 2. The van der Waals surface area contributed by atoms with Gasteiger partial charge in [-0.2, -0.15) is 0 Å². The van der Waals surface area contributed by atoms with Gasteiger partial charge in [-0.3, -0.25) is 13.9 Å². The number of carbonyl (C=O) groups is 2. The summed E-state index contributed by atoms with van der Waals surface area (Å²) in [7, 11) is -0.558. The van der Waals surface area contributed by atoms with E-state index in [-0.39, 0.29) is 37.7 Å². The predicted molar refractivity (Wildman–Crippen MR) is 136 cm³/mol. The van der Waals surface area contributed by atoms with Crippen molar-refractivity contribution < 1.29 is 27.5 Å². The third-order valence-electron chi connectivity index (χ3n) is 5.54. The van der Waals surface area contributed by atoms with Gasteiger partial charge in [0.1, 0.15) is 17.5 Å². The normalized spacial score (nSPS) is 11.9. The molecule has 0 unspecified atom stereocenters. The number of benzene rings is 2. The van der Waals surface area contributed by atoms with Crippen molar-refractivity contribution in [2.75, 3.05) is 37.9 Å². The second-order valence-corrected chi connectivity index (χ2v) is 9.96. The molecule has 9 nitrogen and oxygen atoms in total. The van der Waals surface area contributed by atoms with E-state index < -0.39 is 16.1 Å². The summed E-state index contributed by atoms with van der Waals surface area (Å²) in [6.07, 6.45) is 1.46. The molecule has 0 bridgehead atoms. The lowest BCUT2D eigenvalue weighted by atomic mass is 10.1. The van der Waals surface area contributed by atoms with E-state index in [0.29, 0.717) is 23.7 Å². The van der Waals surface area contributed by atoms with Crippen LogP contribution in [0.25, 0.3) is 0 Å². The number of likely N-dealkylation sites (N-methyl/N-ethyl adjacent to an activating group) is 1. The highest BCUT2D eigenvalue weighted by molar-refractivity contribution is 7.92. The molecule has 2 rings (SSSR count). The van der Waals surface area contributed by atoms with Crippen molar-refractivity contribution in [3.8, 4) is 11.5 Å². The van der Waals surface area contributed by atoms with Gasteiger partial charge in [-0.05, 0) is 50.1 Å². The number of rotatable bonds is 13. The lowest BCUT2D eigenvalue weighted by molar-refractivity contribution is -0.140. The molecule has 1 N–H and O–H groups in total. The van der Waals surface area contributed by atoms with Crippen molar-refractivity contribution in [2.45, 2.75) is 39.3 Å². The van der Waals surface area contributed by atoms with E-state index >= 15 is 0 Å². The Labute approximate surface area is 208 Å². The summed E-state index contributed by atoms with van der Waals surface area (Å²) < 4.78 is 36.7. The van der Waals surface area contributed by atoms with Gasteiger partial charge in [0, 0.05) is 26.1 Å². The molecule has 192 valence electrons. The maximum absolute atomic E-state index is 13.2. The molecule has 0 aliphatic rings. The van der Waals surface area contributed by atoms with Crippen molar-refractivity contribution in [1.82, 2.24) is 10.2 Å². The van der Waals surface area contributed by atoms with Crippen LogP contribution in [0.3, 0.4) is 0 Å². The van der Waals surface area contributed by atoms with Gasteiger partial charge in [-0.15, -0.1) is 0 Å². The summed E-state index contributed by atoms with van der Waals surface area (Å²) in [5.41, 5.74) is 1.26. The average Bonchev–Trinajstić information content (AvgIpc) is 2.84. The molecule has 2 aromatic carbocycles. The average molecular weight is 506 g/mol. The Hall–Kier alpha value is -3.27. The van der Waals surface area contributed by atoms with E-state index in [9.17, 15) is 18.0 Å². The quantitative estimate of drug-likeness (QED) is 0.449. The summed E-state index contributed by atoms with van der Waals surface area (Å²) in [6.45, 7) is 4.29. The molecule has 0 saturated heterocycles. The van der Waals surface area contributed by atoms with Crippen molar-refractivity contribution >= 4 is 27.5 Å². The SMILES string of the molecule is CCNC(=O)[C@H](C)N(Cc1ccc(OC)cc1)C(=O)CCCN(c1ccccc1OC)S(C)(=O)=O. The topological polar surface area (TPSA) is 105 Å². The number of sulfonamides is 1. The van der Waals surface area contributed by atoms with Crippen LogP contribution in [-0.4, -0.2) is 64.7 Å². The highest BCUT2D eigenvalue weighted by Gasteiger charge is 2.27. The van der Waals surface area contributed by atoms with Gasteiger partial charge >= 0.3 is 0 Å². The molecule has 2 amide bonds. The van der Waals surface area contributed by atoms with Crippen molar-refractivity contribution in [3.05, 3.63) is 54.1 Å². The number of carbonyl (C=O) groups excluding carboxylic acids is 2. The Morgan fingerprint density at radius 3 is 2.26 bits per heavy atom. The van der Waals surface area contributed by atoms with Gasteiger partial charge in [0.25, 0.3) is 0 Å². The highest BCUT2D eigenvalue weighted by atomic mass is 32.2. The standard InChI is InChI=1S/C25H35N3O6S/c1-6-26-25(30)19(2)27(18-20-13-15-21(33-3)16-14-20)24(29)12-9-17-28(35(5,31)32)22-10-7-8-11-23(22)34-4/h7-8,10-11,13-16,19H,6,9,12,17-18H2,1-5H3,(H,26,30)/t19-/m0/s1. The number of hydrogen-bond acceptors (Lipinski definition) is 6. The van der Waals surface area contributed by atoms with Crippen LogP contribution in [0.2, 0.25) is 0 Å². The summed E-state index contributed by atoms with van der Waals surface area (Å²) >= 11 is 0. The Kier molecular flexibility index (Phi) is 10.4. The van der Waals surface area contributed by atoms with Crippen LogP contribution in [0.1, 0.15) is 32.3 Å². The van der Waals surface area contributed by atoms with Crippen LogP contribution in [0.4, 0.5) is 5.69 Å². The Morgan fingerprint density at radius 1 is 1.03 bits per heavy atom. The molecule has 0 fully saturated rings. The lowest BCUT2D eigenvalue weighted by Gasteiger charge is -2.29. The summed E-state index contributed by atoms with van der Waals surface area (Å²) in [6, 6.07) is 13.4. The fourth-order valence-corrected chi connectivity index (χ4v) is 4.62. The minimum atomic E-state index is -3.61. The van der Waals surface area contributed by atoms with E-state index in [4.69, 9.17) is 9.47 Å². The number of anilines is 1. The van der Waals surface area contributed by atoms with Gasteiger partial charge in [-0.25, -0.2) is 8.42 Å². The highest BCUT2D eigenvalue weighted by Crippen LogP contribution is 2.29. The molecule has 35 heavy (non-hydrogen) atoms. The molecular weight excluding hydrogens is 470 g/mol. The first-order valence-electron chi connectivity index (χ1n) is 11.4. The van der Waals surface area contributed by atoms with Gasteiger partial charge < -0.3 is 19.7 Å². The number of nitrogens with zero attached hydrogens (tertiary/aromatic N) is 2. The van der Waals surface area contributed by atoms with Gasteiger partial charge in [0.2, 0.25) is 21.8 Å². The lowest BCUT2D eigenvalue weighted by Crippen LogP contribution is -2.47. The second kappa shape index (κ2) is 13.0. The van der Waals surface area contributed by atoms with Crippen LogP contribution in [0.15, 0.2) is 48.5 Å². The van der Waals surface area contributed by atoms with Crippen molar-refractivity contribution in [2.24, 2.45) is 0 Å². The number of methoxy groups -OCH3 is 2. The predicted octanol–water partition coefficient (Wildman–Crippen LogP) is 2.80. The first-order valence-corrected chi connectivity index (χ1v) is 13.3. The van der Waals surface area contributed by atoms with Crippen molar-refractivity contribution in [1.29, 1.82) is 0 Å². The number of ether oxygens (including phenoxy) is 2. The zero-order valence-electron chi connectivity index (χ0n) is 21.0. The Bertz CT molecular complexity index is 1090. The van der Waals surface area contributed by atoms with Crippen LogP contribution < -0.4 is 19.1 Å². The second-order valence-electron chi connectivity index (χ2n) is 8.05. The minimum Gasteiger partial charge on any atom is -0.497 e. The van der Waals surface area contributed by atoms with E-state index in [1.807, 2.05) is 19.1 Å². The summed E-state index contributed by atoms with van der Waals surface area (Å²) in [5.74, 6) is 0.630. The molecule has 0 radical (unpaired) electrons. The fourth-order valence-electron chi connectivity index (χ4n) is 3.65. The first-order chi connectivity index (χ1) is 16.6. The molecule has 0 saturated carbocycles. The van der Waals surface area contributed by atoms with E-state index in [0.717, 1.165) is 11.8 Å². The van der Waals surface area contributed by atoms with Crippen LogP contribution in [-0.2, 0) is 26.2 Å². The molecule has 0 aromatic heterocycles.